The first kappa shape index (κ1) is 21.1. The van der Waals surface area contributed by atoms with Gasteiger partial charge in [-0.15, -0.1) is 0 Å². The molecule has 6 bridgehead atoms. The van der Waals surface area contributed by atoms with Gasteiger partial charge in [-0.2, -0.15) is 0 Å². The molecular weight excluding hydrogens is 416 g/mol. The summed E-state index contributed by atoms with van der Waals surface area (Å²) >= 11 is 0. The lowest BCUT2D eigenvalue weighted by atomic mass is 9.18. The molecule has 8 heteroatoms. The first-order valence-corrected chi connectivity index (χ1v) is 11.6. The highest BCUT2D eigenvalue weighted by Crippen LogP contribution is 3.05. The zero-order valence-corrected chi connectivity index (χ0v) is 19.3. The second-order valence-electron chi connectivity index (χ2n) is 12.2. The van der Waals surface area contributed by atoms with Crippen LogP contribution in [0.4, 0.5) is 0 Å². The number of aliphatic hydroxyl groups excluding tert-OH is 3. The van der Waals surface area contributed by atoms with E-state index in [4.69, 9.17) is 9.47 Å². The molecule has 7 aliphatic carbocycles. The van der Waals surface area contributed by atoms with E-state index in [0.29, 0.717) is 12.8 Å². The van der Waals surface area contributed by atoms with E-state index in [2.05, 4.69) is 0 Å². The van der Waals surface area contributed by atoms with Gasteiger partial charge in [-0.1, -0.05) is 27.7 Å². The van der Waals surface area contributed by atoms with Crippen LogP contribution in [0.1, 0.15) is 54.4 Å². The molecule has 0 unspecified atom stereocenters. The van der Waals surface area contributed by atoms with E-state index in [1.165, 1.54) is 13.8 Å². The van der Waals surface area contributed by atoms with E-state index in [1.54, 1.807) is 6.92 Å². The van der Waals surface area contributed by atoms with Gasteiger partial charge < -0.3 is 24.8 Å². The number of hydrogen-bond donors (Lipinski definition) is 3. The number of ether oxygens (including phenoxy) is 2. The van der Waals surface area contributed by atoms with Gasteiger partial charge in [-0.3, -0.25) is 14.4 Å². The molecule has 12 atom stereocenters. The average Bonchev–Trinajstić information content (AvgIpc) is 2.89. The van der Waals surface area contributed by atoms with Gasteiger partial charge >= 0.3 is 11.9 Å². The van der Waals surface area contributed by atoms with Crippen molar-refractivity contribution in [1.82, 2.24) is 0 Å². The Bertz CT molecular complexity index is 1010. The highest BCUT2D eigenvalue weighted by atomic mass is 16.6. The molecule has 7 fully saturated rings. The maximum Gasteiger partial charge on any atom is 0.303 e. The van der Waals surface area contributed by atoms with Crippen molar-refractivity contribution in [2.24, 2.45) is 44.3 Å². The quantitative estimate of drug-likeness (QED) is 0.524. The standard InChI is InChI=1S/C24H32O8/c1-9(25)31-17-13-12-14(28)21(6)22(15(12)29)11(27)7-8-20(5)16(30)18(32-10(2)26)23(21,19(13,3)4)24(17,20)22/h11-13,15-18,27,29-30H,7-8H2,1-6H3/t11-,12-,13-,15+,16-,17+,18-,20-,21+,22-,23+,24+/m0/s1. The number of carbonyl (C=O) groups is 3. The Labute approximate surface area is 186 Å². The van der Waals surface area contributed by atoms with Gasteiger partial charge in [-0.25, -0.2) is 0 Å². The van der Waals surface area contributed by atoms with Crippen molar-refractivity contribution in [2.75, 3.05) is 0 Å². The molecule has 8 nitrogen and oxygen atoms in total. The van der Waals surface area contributed by atoms with E-state index in [-0.39, 0.29) is 5.78 Å². The fourth-order valence-electron chi connectivity index (χ4n) is 12.0. The molecule has 3 spiro atoms. The monoisotopic (exact) mass is 448 g/mol. The summed E-state index contributed by atoms with van der Waals surface area (Å²) in [6, 6.07) is 0. The number of rotatable bonds is 2. The SMILES string of the molecule is CC(=O)O[C@@H]1[C@@H]2[C@H]3C(=O)[C@]4(C)[C@@]5([C@@H]3O)[C@@H](O)CC[C@@]3(C)[C@@H](O)[C@H](OC(C)=O)[C@]4(C2(C)C)[C@@]153. The van der Waals surface area contributed by atoms with E-state index in [0.717, 1.165) is 0 Å². The van der Waals surface area contributed by atoms with Crippen LogP contribution in [-0.2, 0) is 23.9 Å². The third-order valence-electron chi connectivity index (χ3n) is 11.8. The second kappa shape index (κ2) is 5.10. The first-order chi connectivity index (χ1) is 14.7. The van der Waals surface area contributed by atoms with Crippen LogP contribution in [-0.4, -0.2) is 63.6 Å². The summed E-state index contributed by atoms with van der Waals surface area (Å²) in [4.78, 5) is 38.8. The van der Waals surface area contributed by atoms with Crippen molar-refractivity contribution in [3.05, 3.63) is 0 Å². The van der Waals surface area contributed by atoms with E-state index in [1.807, 2.05) is 20.8 Å². The Kier molecular flexibility index (Phi) is 3.36. The first-order valence-electron chi connectivity index (χ1n) is 11.6. The van der Waals surface area contributed by atoms with Crippen LogP contribution < -0.4 is 0 Å². The van der Waals surface area contributed by atoms with Crippen LogP contribution in [0.25, 0.3) is 0 Å². The molecule has 0 heterocycles. The molecule has 7 saturated carbocycles. The predicted octanol–water partition coefficient (Wildman–Crippen LogP) is 0.594. The van der Waals surface area contributed by atoms with Gasteiger partial charge in [0, 0.05) is 46.8 Å². The number of aliphatic hydroxyl groups is 3. The molecule has 0 saturated heterocycles. The molecule has 7 aliphatic rings. The zero-order valence-electron chi connectivity index (χ0n) is 19.3. The van der Waals surface area contributed by atoms with Crippen molar-refractivity contribution >= 4 is 17.7 Å². The van der Waals surface area contributed by atoms with Crippen molar-refractivity contribution in [3.8, 4) is 0 Å². The maximum absolute atomic E-state index is 14.1. The van der Waals surface area contributed by atoms with Crippen molar-refractivity contribution in [1.29, 1.82) is 0 Å². The summed E-state index contributed by atoms with van der Waals surface area (Å²) in [5.74, 6) is -2.53. The van der Waals surface area contributed by atoms with Gasteiger partial charge in [0.15, 0.2) is 0 Å². The largest absolute Gasteiger partial charge is 0.462 e. The smallest absolute Gasteiger partial charge is 0.303 e. The minimum absolute atomic E-state index is 0.172. The highest BCUT2D eigenvalue weighted by Gasteiger charge is 3.12. The average molecular weight is 449 g/mol. The predicted molar refractivity (Wildman–Crippen MR) is 108 cm³/mol. The Morgan fingerprint density at radius 3 is 2.03 bits per heavy atom. The minimum atomic E-state index is -1.28. The molecule has 0 aromatic rings. The number of carbonyl (C=O) groups excluding carboxylic acids is 3. The zero-order chi connectivity index (χ0) is 23.6. The number of Topliss-reactive ketones (excluding diaryl/α,β-unsaturated/α-hetero) is 1. The van der Waals surface area contributed by atoms with Crippen molar-refractivity contribution in [2.45, 2.75) is 84.9 Å². The lowest BCUT2D eigenvalue weighted by molar-refractivity contribution is -0.424. The third kappa shape index (κ3) is 1.30. The maximum atomic E-state index is 14.1. The number of esters is 2. The Hall–Kier alpha value is -1.51. The molecule has 0 radical (unpaired) electrons. The topological polar surface area (TPSA) is 130 Å². The molecule has 0 amide bonds. The fourth-order valence-corrected chi connectivity index (χ4v) is 12.0. The molecule has 7 rings (SSSR count). The number of hydrogen-bond acceptors (Lipinski definition) is 8. The lowest BCUT2D eigenvalue weighted by Gasteiger charge is -2.83. The van der Waals surface area contributed by atoms with Crippen LogP contribution in [0.3, 0.4) is 0 Å². The summed E-state index contributed by atoms with van der Waals surface area (Å²) in [6.45, 7) is 10.3. The Morgan fingerprint density at radius 1 is 0.906 bits per heavy atom. The summed E-state index contributed by atoms with van der Waals surface area (Å²) in [6.07, 6.45) is -4.35. The number of ketones is 1. The normalized spacial score (nSPS) is 61.9. The lowest BCUT2D eigenvalue weighted by Crippen LogP contribution is -2.89. The van der Waals surface area contributed by atoms with Crippen molar-refractivity contribution in [3.63, 3.8) is 0 Å². The van der Waals surface area contributed by atoms with Gasteiger partial charge in [0.2, 0.25) is 0 Å². The van der Waals surface area contributed by atoms with E-state index < -0.39 is 86.8 Å². The summed E-state index contributed by atoms with van der Waals surface area (Å²) in [5.41, 5.74) is -6.39. The summed E-state index contributed by atoms with van der Waals surface area (Å²) in [7, 11) is 0. The van der Waals surface area contributed by atoms with Crippen LogP contribution in [0.15, 0.2) is 0 Å². The van der Waals surface area contributed by atoms with Gasteiger partial charge in [0.05, 0.1) is 24.2 Å². The molecule has 0 aliphatic heterocycles. The molecular formula is C24H32O8. The second-order valence-corrected chi connectivity index (χ2v) is 12.2. The Balaban J connectivity index is 1.80. The van der Waals surface area contributed by atoms with Crippen LogP contribution >= 0.6 is 0 Å². The third-order valence-corrected chi connectivity index (χ3v) is 11.8. The van der Waals surface area contributed by atoms with Crippen LogP contribution in [0.5, 0.6) is 0 Å². The fraction of sp³-hybridized carbons (Fsp3) is 0.875. The van der Waals surface area contributed by atoms with Crippen LogP contribution in [0.2, 0.25) is 0 Å². The highest BCUT2D eigenvalue weighted by molar-refractivity contribution is 5.99. The Morgan fingerprint density at radius 2 is 1.47 bits per heavy atom. The van der Waals surface area contributed by atoms with Gasteiger partial charge in [0.1, 0.15) is 18.0 Å². The van der Waals surface area contributed by atoms with Gasteiger partial charge in [-0.05, 0) is 18.3 Å². The molecule has 3 N–H and O–H groups in total. The summed E-state index contributed by atoms with van der Waals surface area (Å²) in [5, 5.41) is 35.2. The van der Waals surface area contributed by atoms with Crippen LogP contribution in [0, 0.1) is 44.3 Å². The molecule has 32 heavy (non-hydrogen) atoms. The minimum Gasteiger partial charge on any atom is -0.462 e. The molecule has 0 aromatic carbocycles. The van der Waals surface area contributed by atoms with Gasteiger partial charge in [0.25, 0.3) is 0 Å². The van der Waals surface area contributed by atoms with E-state index in [9.17, 15) is 29.7 Å². The summed E-state index contributed by atoms with van der Waals surface area (Å²) < 4.78 is 11.9. The molecule has 0 aromatic heterocycles. The molecule has 176 valence electrons. The van der Waals surface area contributed by atoms with Crippen molar-refractivity contribution < 1.29 is 39.2 Å². The van der Waals surface area contributed by atoms with E-state index >= 15 is 0 Å².